The summed E-state index contributed by atoms with van der Waals surface area (Å²) in [5.74, 6) is -0.805. The van der Waals surface area contributed by atoms with Gasteiger partial charge in [-0.2, -0.15) is 5.26 Å². The number of nitrogens with two attached hydrogens (primary N) is 1. The summed E-state index contributed by atoms with van der Waals surface area (Å²) < 4.78 is 0. The number of nitro benzene ring substituents is 1. The van der Waals surface area contributed by atoms with Crippen molar-refractivity contribution in [3.05, 3.63) is 32.8 Å². The molecular formula is C12H13ClN4O3. The Kier molecular flexibility index (Phi) is 4.88. The van der Waals surface area contributed by atoms with Crippen LogP contribution in [0.3, 0.4) is 0 Å². The van der Waals surface area contributed by atoms with E-state index in [0.29, 0.717) is 0 Å². The van der Waals surface area contributed by atoms with E-state index in [9.17, 15) is 14.9 Å². The highest BCUT2D eigenvalue weighted by Crippen LogP contribution is 2.31. The molecule has 0 saturated heterocycles. The molecule has 0 spiro atoms. The van der Waals surface area contributed by atoms with E-state index in [1.54, 1.807) is 6.92 Å². The van der Waals surface area contributed by atoms with Crippen molar-refractivity contribution >= 4 is 28.9 Å². The number of amides is 1. The van der Waals surface area contributed by atoms with Crippen molar-refractivity contribution in [3.8, 4) is 6.07 Å². The first-order chi connectivity index (χ1) is 9.27. The van der Waals surface area contributed by atoms with Crippen molar-refractivity contribution < 1.29 is 9.72 Å². The number of carbonyl (C=O) groups is 1. The zero-order valence-electron chi connectivity index (χ0n) is 11.0. The zero-order chi connectivity index (χ0) is 15.4. The maximum absolute atomic E-state index is 12.1. The fraction of sp³-hybridized carbons (Fsp3) is 0.333. The molecule has 0 fully saturated rings. The van der Waals surface area contributed by atoms with Crippen LogP contribution in [-0.2, 0) is 0 Å². The normalized spacial score (nSPS) is 11.5. The highest BCUT2D eigenvalue weighted by atomic mass is 35.5. The van der Waals surface area contributed by atoms with Crippen LogP contribution in [0.25, 0.3) is 0 Å². The van der Waals surface area contributed by atoms with Crippen LogP contribution in [0.5, 0.6) is 0 Å². The number of hydrogen-bond donors (Lipinski definition) is 1. The van der Waals surface area contributed by atoms with E-state index in [1.807, 2.05) is 6.07 Å². The molecular weight excluding hydrogens is 284 g/mol. The summed E-state index contributed by atoms with van der Waals surface area (Å²) in [6.45, 7) is 1.88. The van der Waals surface area contributed by atoms with Crippen molar-refractivity contribution in [2.45, 2.75) is 6.92 Å². The minimum Gasteiger partial charge on any atom is -0.392 e. The Labute approximate surface area is 120 Å². The van der Waals surface area contributed by atoms with Gasteiger partial charge >= 0.3 is 0 Å². The lowest BCUT2D eigenvalue weighted by Gasteiger charge is -2.18. The summed E-state index contributed by atoms with van der Waals surface area (Å²) >= 11 is 5.79. The fourth-order valence-corrected chi connectivity index (χ4v) is 1.85. The van der Waals surface area contributed by atoms with Crippen molar-refractivity contribution in [2.24, 2.45) is 5.92 Å². The van der Waals surface area contributed by atoms with Gasteiger partial charge in [0, 0.05) is 25.2 Å². The molecule has 0 heterocycles. The maximum Gasteiger partial charge on any atom is 0.294 e. The van der Waals surface area contributed by atoms with Crippen molar-refractivity contribution in [3.63, 3.8) is 0 Å². The van der Waals surface area contributed by atoms with Crippen LogP contribution in [0.1, 0.15) is 17.3 Å². The number of carbonyl (C=O) groups excluding carboxylic acids is 1. The third-order valence-corrected chi connectivity index (χ3v) is 2.98. The number of nitro groups is 1. The quantitative estimate of drug-likeness (QED) is 0.519. The van der Waals surface area contributed by atoms with Gasteiger partial charge in [-0.15, -0.1) is 0 Å². The van der Waals surface area contributed by atoms with Gasteiger partial charge in [0.05, 0.1) is 21.9 Å². The smallest absolute Gasteiger partial charge is 0.294 e. The molecule has 0 radical (unpaired) electrons. The van der Waals surface area contributed by atoms with Crippen LogP contribution in [0.15, 0.2) is 12.1 Å². The summed E-state index contributed by atoms with van der Waals surface area (Å²) in [6, 6.07) is 4.36. The van der Waals surface area contributed by atoms with E-state index in [-0.39, 0.29) is 28.7 Å². The predicted octanol–water partition coefficient (Wildman–Crippen LogP) is 2.06. The van der Waals surface area contributed by atoms with E-state index in [4.69, 9.17) is 22.6 Å². The van der Waals surface area contributed by atoms with Gasteiger partial charge in [0.1, 0.15) is 5.69 Å². The Hall–Kier alpha value is -2.33. The molecule has 0 aromatic heterocycles. The number of nitrogens with zero attached hydrogens (tertiary/aromatic N) is 3. The topological polar surface area (TPSA) is 113 Å². The van der Waals surface area contributed by atoms with E-state index >= 15 is 0 Å². The lowest BCUT2D eigenvalue weighted by molar-refractivity contribution is -0.383. The largest absolute Gasteiger partial charge is 0.392 e. The minimum atomic E-state index is -0.699. The van der Waals surface area contributed by atoms with E-state index in [2.05, 4.69) is 0 Å². The Morgan fingerprint density at radius 3 is 2.75 bits per heavy atom. The molecule has 106 valence electrons. The second-order valence-electron chi connectivity index (χ2n) is 4.36. The van der Waals surface area contributed by atoms with Gasteiger partial charge in [-0.1, -0.05) is 11.6 Å². The van der Waals surface area contributed by atoms with Gasteiger partial charge < -0.3 is 10.6 Å². The molecule has 1 amide bonds. The molecule has 1 rings (SSSR count). The number of anilines is 1. The zero-order valence-corrected chi connectivity index (χ0v) is 11.7. The maximum atomic E-state index is 12.1. The Bertz CT molecular complexity index is 597. The predicted molar refractivity (Wildman–Crippen MR) is 74.3 cm³/mol. The van der Waals surface area contributed by atoms with Crippen LogP contribution in [0.2, 0.25) is 5.02 Å². The van der Waals surface area contributed by atoms with Gasteiger partial charge in [-0.25, -0.2) is 0 Å². The molecule has 0 aliphatic carbocycles. The molecule has 1 aromatic carbocycles. The summed E-state index contributed by atoms with van der Waals surface area (Å²) in [7, 11) is 1.51. The molecule has 8 heteroatoms. The number of nitrogen functional groups attached to an aromatic ring is 1. The number of hydrogen-bond acceptors (Lipinski definition) is 5. The fourth-order valence-electron chi connectivity index (χ4n) is 1.63. The SMILES string of the molecule is CC(C#N)CN(C)C(=O)c1cc(Cl)c(N)c([N+](=O)[O-])c1. The molecule has 2 N–H and O–H groups in total. The molecule has 1 unspecified atom stereocenters. The van der Waals surface area contributed by atoms with Gasteiger partial charge in [-0.3, -0.25) is 14.9 Å². The summed E-state index contributed by atoms with van der Waals surface area (Å²) in [5.41, 5.74) is 4.95. The van der Waals surface area contributed by atoms with Crippen LogP contribution in [-0.4, -0.2) is 29.3 Å². The van der Waals surface area contributed by atoms with Gasteiger partial charge in [0.25, 0.3) is 11.6 Å². The first kappa shape index (κ1) is 15.7. The number of halogens is 1. The summed E-state index contributed by atoms with van der Waals surface area (Å²) in [5, 5.41) is 19.5. The second-order valence-corrected chi connectivity index (χ2v) is 4.77. The third kappa shape index (κ3) is 3.36. The van der Waals surface area contributed by atoms with Crippen LogP contribution in [0.4, 0.5) is 11.4 Å². The summed E-state index contributed by atoms with van der Waals surface area (Å²) in [4.78, 5) is 23.6. The number of benzene rings is 1. The molecule has 7 nitrogen and oxygen atoms in total. The minimum absolute atomic E-state index is 0.0516. The third-order valence-electron chi connectivity index (χ3n) is 2.67. The monoisotopic (exact) mass is 296 g/mol. The highest BCUT2D eigenvalue weighted by molar-refractivity contribution is 6.34. The Balaban J connectivity index is 3.11. The lowest BCUT2D eigenvalue weighted by Crippen LogP contribution is -2.30. The van der Waals surface area contributed by atoms with E-state index in [1.165, 1.54) is 18.0 Å². The van der Waals surface area contributed by atoms with Crippen molar-refractivity contribution in [2.75, 3.05) is 19.3 Å². The molecule has 0 bridgehead atoms. The van der Waals surface area contributed by atoms with E-state index in [0.717, 1.165) is 6.07 Å². The first-order valence-electron chi connectivity index (χ1n) is 5.66. The van der Waals surface area contributed by atoms with Gasteiger partial charge in [0.15, 0.2) is 0 Å². The number of nitriles is 1. The molecule has 0 aliphatic heterocycles. The molecule has 0 aliphatic rings. The van der Waals surface area contributed by atoms with Crippen LogP contribution in [0, 0.1) is 27.4 Å². The van der Waals surface area contributed by atoms with Crippen molar-refractivity contribution in [1.82, 2.24) is 4.90 Å². The molecule has 0 saturated carbocycles. The Morgan fingerprint density at radius 1 is 1.65 bits per heavy atom. The molecule has 20 heavy (non-hydrogen) atoms. The average molecular weight is 297 g/mol. The lowest BCUT2D eigenvalue weighted by atomic mass is 10.1. The van der Waals surface area contributed by atoms with Crippen LogP contribution < -0.4 is 5.73 Å². The standard InChI is InChI=1S/C12H13ClN4O3/c1-7(5-14)6-16(2)12(18)8-3-9(13)11(15)10(4-8)17(19)20/h3-4,7H,6,15H2,1-2H3. The molecule has 1 atom stereocenters. The van der Waals surface area contributed by atoms with Gasteiger partial charge in [-0.05, 0) is 13.0 Å². The highest BCUT2D eigenvalue weighted by Gasteiger charge is 2.21. The average Bonchev–Trinajstić information content (AvgIpc) is 2.40. The van der Waals surface area contributed by atoms with E-state index < -0.39 is 16.5 Å². The van der Waals surface area contributed by atoms with Gasteiger partial charge in [0.2, 0.25) is 0 Å². The first-order valence-corrected chi connectivity index (χ1v) is 6.04. The van der Waals surface area contributed by atoms with Crippen LogP contribution >= 0.6 is 11.6 Å². The van der Waals surface area contributed by atoms with Crippen molar-refractivity contribution in [1.29, 1.82) is 5.26 Å². The summed E-state index contributed by atoms with van der Waals surface area (Å²) in [6.07, 6.45) is 0. The Morgan fingerprint density at radius 2 is 2.25 bits per heavy atom. The number of rotatable bonds is 4. The molecule has 1 aromatic rings. The second kappa shape index (κ2) is 6.21.